The molecule has 2 rings (SSSR count). The first kappa shape index (κ1) is 13.8. The molecule has 2 fully saturated rings. The van der Waals surface area contributed by atoms with Crippen molar-refractivity contribution in [2.24, 2.45) is 0 Å². The van der Waals surface area contributed by atoms with Crippen molar-refractivity contribution in [3.63, 3.8) is 0 Å². The van der Waals surface area contributed by atoms with E-state index in [-0.39, 0.29) is 12.0 Å². The predicted molar refractivity (Wildman–Crippen MR) is 70.3 cm³/mol. The number of aliphatic hydroxyl groups is 1. The fourth-order valence-corrected chi connectivity index (χ4v) is 2.65. The Kier molecular flexibility index (Phi) is 4.59. The van der Waals surface area contributed by atoms with Crippen molar-refractivity contribution >= 4 is 5.91 Å². The molecule has 0 atom stereocenters. The largest absolute Gasteiger partial charge is 0.393 e. The minimum absolute atomic E-state index is 0.0831. The molecule has 0 aromatic rings. The van der Waals surface area contributed by atoms with Crippen molar-refractivity contribution in [3.8, 4) is 0 Å². The maximum absolute atomic E-state index is 11.6. The van der Waals surface area contributed by atoms with Crippen molar-refractivity contribution in [3.05, 3.63) is 0 Å². The number of aliphatic hydroxyl groups excluding tert-OH is 1. The third-order valence-corrected chi connectivity index (χ3v) is 4.03. The van der Waals surface area contributed by atoms with Gasteiger partial charge in [0.1, 0.15) is 0 Å². The summed E-state index contributed by atoms with van der Waals surface area (Å²) in [6.07, 6.45) is 3.93. The van der Waals surface area contributed by atoms with Crippen molar-refractivity contribution in [2.75, 3.05) is 33.7 Å². The van der Waals surface area contributed by atoms with Gasteiger partial charge < -0.3 is 15.3 Å². The second-order valence-corrected chi connectivity index (χ2v) is 5.83. The van der Waals surface area contributed by atoms with Crippen LogP contribution in [0.3, 0.4) is 0 Å². The molecule has 18 heavy (non-hydrogen) atoms. The van der Waals surface area contributed by atoms with Gasteiger partial charge >= 0.3 is 0 Å². The number of nitrogens with zero attached hydrogens (tertiary/aromatic N) is 2. The number of rotatable bonds is 4. The number of carbonyl (C=O) groups is 1. The number of hydrogen-bond donors (Lipinski definition) is 2. The molecule has 1 amide bonds. The van der Waals surface area contributed by atoms with Crippen molar-refractivity contribution in [1.82, 2.24) is 15.1 Å². The monoisotopic (exact) mass is 255 g/mol. The van der Waals surface area contributed by atoms with Crippen LogP contribution >= 0.6 is 0 Å². The summed E-state index contributed by atoms with van der Waals surface area (Å²) in [6, 6.07) is 1.08. The van der Waals surface area contributed by atoms with E-state index in [0.29, 0.717) is 18.6 Å². The molecule has 0 bridgehead atoms. The average molecular weight is 255 g/mol. The number of amides is 1. The van der Waals surface area contributed by atoms with E-state index in [1.807, 2.05) is 0 Å². The number of nitrogens with one attached hydrogen (secondary N) is 1. The van der Waals surface area contributed by atoms with Crippen LogP contribution < -0.4 is 5.32 Å². The average Bonchev–Trinajstić information content (AvgIpc) is 2.29. The van der Waals surface area contributed by atoms with Crippen molar-refractivity contribution < 1.29 is 9.90 Å². The third kappa shape index (κ3) is 3.67. The summed E-state index contributed by atoms with van der Waals surface area (Å²) in [5.74, 6) is 0.184. The quantitative estimate of drug-likeness (QED) is 0.721. The minimum atomic E-state index is -0.0831. The van der Waals surface area contributed by atoms with Gasteiger partial charge in [0.2, 0.25) is 5.91 Å². The molecule has 1 saturated heterocycles. The van der Waals surface area contributed by atoms with Gasteiger partial charge in [-0.05, 0) is 25.7 Å². The van der Waals surface area contributed by atoms with Crippen molar-refractivity contribution in [1.29, 1.82) is 0 Å². The Morgan fingerprint density at radius 2 is 1.89 bits per heavy atom. The molecule has 2 N–H and O–H groups in total. The molecule has 0 radical (unpaired) electrons. The van der Waals surface area contributed by atoms with Crippen LogP contribution in [-0.2, 0) is 4.79 Å². The van der Waals surface area contributed by atoms with Gasteiger partial charge in [-0.15, -0.1) is 0 Å². The maximum Gasteiger partial charge on any atom is 0.236 e. The molecule has 0 aromatic carbocycles. The van der Waals surface area contributed by atoms with E-state index in [2.05, 4.69) is 10.2 Å². The summed E-state index contributed by atoms with van der Waals surface area (Å²) in [5.41, 5.74) is 0. The molecular weight excluding hydrogens is 230 g/mol. The summed E-state index contributed by atoms with van der Waals surface area (Å²) in [5, 5.41) is 12.9. The Morgan fingerprint density at radius 1 is 1.28 bits per heavy atom. The Bertz CT molecular complexity index is 282. The van der Waals surface area contributed by atoms with E-state index in [9.17, 15) is 9.90 Å². The molecule has 5 nitrogen and oxygen atoms in total. The summed E-state index contributed by atoms with van der Waals surface area (Å²) in [6.45, 7) is 2.53. The van der Waals surface area contributed by atoms with Gasteiger partial charge in [0.15, 0.2) is 0 Å². The third-order valence-electron chi connectivity index (χ3n) is 4.03. The van der Waals surface area contributed by atoms with E-state index in [0.717, 1.165) is 38.8 Å². The van der Waals surface area contributed by atoms with E-state index >= 15 is 0 Å². The molecule has 1 aliphatic carbocycles. The van der Waals surface area contributed by atoms with Crippen LogP contribution in [0.4, 0.5) is 0 Å². The first-order valence-corrected chi connectivity index (χ1v) is 6.91. The lowest BCUT2D eigenvalue weighted by atomic mass is 9.88. The topological polar surface area (TPSA) is 55.8 Å². The minimum Gasteiger partial charge on any atom is -0.393 e. The van der Waals surface area contributed by atoms with Gasteiger partial charge in [-0.2, -0.15) is 0 Å². The highest BCUT2D eigenvalue weighted by atomic mass is 16.3. The SMILES string of the molecule is CN(C)C(=O)CN1CCC(NC2CC(O)C2)CC1. The number of likely N-dealkylation sites (tertiary alicyclic amines) is 1. The Morgan fingerprint density at radius 3 is 2.39 bits per heavy atom. The zero-order valence-corrected chi connectivity index (χ0v) is 11.4. The summed E-state index contributed by atoms with van der Waals surface area (Å²) >= 11 is 0. The van der Waals surface area contributed by atoms with Gasteiger partial charge in [-0.25, -0.2) is 0 Å². The van der Waals surface area contributed by atoms with Crippen LogP contribution in [0.1, 0.15) is 25.7 Å². The lowest BCUT2D eigenvalue weighted by Gasteiger charge is -2.39. The van der Waals surface area contributed by atoms with E-state index < -0.39 is 0 Å². The van der Waals surface area contributed by atoms with Gasteiger partial charge in [-0.1, -0.05) is 0 Å². The second-order valence-electron chi connectivity index (χ2n) is 5.83. The molecule has 104 valence electrons. The molecular formula is C13H25N3O2. The molecule has 1 heterocycles. The standard InChI is InChI=1S/C13H25N3O2/c1-15(2)13(18)9-16-5-3-10(4-6-16)14-11-7-12(17)8-11/h10-12,14,17H,3-9H2,1-2H3. The fraction of sp³-hybridized carbons (Fsp3) is 0.923. The zero-order valence-electron chi connectivity index (χ0n) is 11.4. The Balaban J connectivity index is 1.63. The second kappa shape index (κ2) is 5.99. The van der Waals surface area contributed by atoms with Crippen LogP contribution in [0.25, 0.3) is 0 Å². The highest BCUT2D eigenvalue weighted by Gasteiger charge is 2.30. The highest BCUT2D eigenvalue weighted by Crippen LogP contribution is 2.22. The van der Waals surface area contributed by atoms with E-state index in [1.54, 1.807) is 19.0 Å². The summed E-state index contributed by atoms with van der Waals surface area (Å²) in [7, 11) is 3.61. The normalized spacial score (nSPS) is 29.9. The summed E-state index contributed by atoms with van der Waals surface area (Å²) < 4.78 is 0. The molecule has 0 unspecified atom stereocenters. The molecule has 1 aliphatic heterocycles. The maximum atomic E-state index is 11.6. The molecule has 0 aromatic heterocycles. The highest BCUT2D eigenvalue weighted by molar-refractivity contribution is 5.77. The van der Waals surface area contributed by atoms with Gasteiger partial charge in [-0.3, -0.25) is 9.69 Å². The van der Waals surface area contributed by atoms with Crippen LogP contribution in [0.5, 0.6) is 0 Å². The molecule has 0 spiro atoms. The van der Waals surface area contributed by atoms with Crippen molar-refractivity contribution in [2.45, 2.75) is 43.9 Å². The molecule has 5 heteroatoms. The first-order valence-electron chi connectivity index (χ1n) is 6.91. The summed E-state index contributed by atoms with van der Waals surface area (Å²) in [4.78, 5) is 15.5. The lowest BCUT2D eigenvalue weighted by Crippen LogP contribution is -2.52. The number of carbonyl (C=O) groups excluding carboxylic acids is 1. The van der Waals surface area contributed by atoms with Gasteiger partial charge in [0.05, 0.1) is 12.6 Å². The van der Waals surface area contributed by atoms with Crippen LogP contribution in [0.2, 0.25) is 0 Å². The predicted octanol–water partition coefficient (Wildman–Crippen LogP) is -0.348. The van der Waals surface area contributed by atoms with Crippen LogP contribution in [-0.4, -0.2) is 72.7 Å². The smallest absolute Gasteiger partial charge is 0.236 e. The Hall–Kier alpha value is -0.650. The van der Waals surface area contributed by atoms with Gasteiger partial charge in [0, 0.05) is 39.3 Å². The van der Waals surface area contributed by atoms with Gasteiger partial charge in [0.25, 0.3) is 0 Å². The zero-order chi connectivity index (χ0) is 13.1. The number of likely N-dealkylation sites (N-methyl/N-ethyl adjacent to an activating group) is 1. The molecule has 1 saturated carbocycles. The van der Waals surface area contributed by atoms with Crippen LogP contribution in [0.15, 0.2) is 0 Å². The lowest BCUT2D eigenvalue weighted by molar-refractivity contribution is -0.130. The number of piperidine rings is 1. The van der Waals surface area contributed by atoms with E-state index in [1.165, 1.54) is 0 Å². The Labute approximate surface area is 109 Å². The molecule has 2 aliphatic rings. The first-order chi connectivity index (χ1) is 8.54. The van der Waals surface area contributed by atoms with Crippen LogP contribution in [0, 0.1) is 0 Å². The van der Waals surface area contributed by atoms with E-state index in [4.69, 9.17) is 0 Å². The fourth-order valence-electron chi connectivity index (χ4n) is 2.65. The number of hydrogen-bond acceptors (Lipinski definition) is 4.